The van der Waals surface area contributed by atoms with Crippen LogP contribution in [-0.2, 0) is 16.1 Å². The Hall–Kier alpha value is -3.45. The van der Waals surface area contributed by atoms with Crippen LogP contribution in [0.3, 0.4) is 0 Å². The van der Waals surface area contributed by atoms with Crippen LogP contribution in [0.5, 0.6) is 0 Å². The van der Waals surface area contributed by atoms with Crippen molar-refractivity contribution in [1.82, 2.24) is 5.32 Å². The molecular formula is C28H35FN4O2. The molecule has 6 nitrogen and oxygen atoms in total. The van der Waals surface area contributed by atoms with E-state index < -0.39 is 0 Å². The molecule has 0 unspecified atom stereocenters. The van der Waals surface area contributed by atoms with Crippen molar-refractivity contribution in [3.8, 4) is 0 Å². The van der Waals surface area contributed by atoms with Gasteiger partial charge in [-0.3, -0.25) is 5.41 Å². The summed E-state index contributed by atoms with van der Waals surface area (Å²) in [5.74, 6) is 0.348. The average Bonchev–Trinajstić information content (AvgIpc) is 3.67. The van der Waals surface area contributed by atoms with E-state index >= 15 is 0 Å². The molecule has 0 spiro atoms. The first kappa shape index (κ1) is 26.2. The van der Waals surface area contributed by atoms with Crippen LogP contribution in [0.4, 0.5) is 10.1 Å². The smallest absolute Gasteiger partial charge is 0.207 e. The second-order valence-electron chi connectivity index (χ2n) is 8.86. The van der Waals surface area contributed by atoms with Crippen molar-refractivity contribution >= 4 is 17.3 Å². The van der Waals surface area contributed by atoms with Gasteiger partial charge in [0.1, 0.15) is 5.82 Å². The molecule has 0 amide bonds. The molecule has 1 fully saturated rings. The van der Waals surface area contributed by atoms with Crippen LogP contribution in [-0.4, -0.2) is 25.3 Å². The summed E-state index contributed by atoms with van der Waals surface area (Å²) in [6.07, 6.45) is 5.96. The van der Waals surface area contributed by atoms with Crippen molar-refractivity contribution in [1.29, 1.82) is 10.8 Å². The van der Waals surface area contributed by atoms with Gasteiger partial charge in [-0.05, 0) is 61.9 Å². The van der Waals surface area contributed by atoms with E-state index in [9.17, 15) is 4.39 Å². The van der Waals surface area contributed by atoms with Gasteiger partial charge in [-0.1, -0.05) is 30.3 Å². The number of methoxy groups -OCH3 is 1. The van der Waals surface area contributed by atoms with Gasteiger partial charge in [-0.15, -0.1) is 0 Å². The highest BCUT2D eigenvalue weighted by atomic mass is 19.1. The Balaban J connectivity index is 1.80. The molecule has 35 heavy (non-hydrogen) atoms. The molecule has 186 valence electrons. The number of ether oxygens (including phenoxy) is 2. The summed E-state index contributed by atoms with van der Waals surface area (Å²) in [5, 5.41) is 22.9. The fourth-order valence-electron chi connectivity index (χ4n) is 3.56. The SMILES string of the molecule is COC(=N)/C=C(/C/C(=C/NCC1CC1)C(C)=N)Nc1ccc(F)cc1[C@@H](C)OCc1ccccc1. The molecule has 4 N–H and O–H groups in total. The van der Waals surface area contributed by atoms with Crippen LogP contribution < -0.4 is 10.6 Å². The van der Waals surface area contributed by atoms with Gasteiger partial charge in [-0.25, -0.2) is 4.39 Å². The quantitative estimate of drug-likeness (QED) is 0.200. The Morgan fingerprint density at radius 3 is 2.57 bits per heavy atom. The molecule has 1 aliphatic carbocycles. The van der Waals surface area contributed by atoms with Crippen LogP contribution in [0.25, 0.3) is 0 Å². The van der Waals surface area contributed by atoms with Gasteiger partial charge in [0, 0.05) is 47.9 Å². The second-order valence-corrected chi connectivity index (χ2v) is 8.86. The molecule has 0 saturated heterocycles. The number of allylic oxidation sites excluding steroid dienone is 1. The zero-order chi connectivity index (χ0) is 25.2. The van der Waals surface area contributed by atoms with Gasteiger partial charge in [0.15, 0.2) is 0 Å². The molecule has 0 bridgehead atoms. The molecule has 2 aromatic carbocycles. The second kappa shape index (κ2) is 12.9. The molecule has 0 aromatic heterocycles. The lowest BCUT2D eigenvalue weighted by Gasteiger charge is -2.21. The third-order valence-corrected chi connectivity index (χ3v) is 5.86. The molecule has 0 aliphatic heterocycles. The maximum Gasteiger partial charge on any atom is 0.207 e. The van der Waals surface area contributed by atoms with Crippen LogP contribution >= 0.6 is 0 Å². The third-order valence-electron chi connectivity index (χ3n) is 5.86. The number of hydrogen-bond donors (Lipinski definition) is 4. The van der Waals surface area contributed by atoms with Crippen molar-refractivity contribution < 1.29 is 13.9 Å². The van der Waals surface area contributed by atoms with E-state index in [0.717, 1.165) is 17.7 Å². The minimum atomic E-state index is -0.378. The standard InChI is InChI=1S/C28H35FN4O2/c1-19(30)23(17-32-16-21-9-10-21)13-25(15-28(31)34-3)33-27-12-11-24(29)14-26(27)20(2)35-18-22-7-5-4-6-8-22/h4-8,11-12,14-15,17,20-21,30-33H,9-10,13,16,18H2,1-3H3/b23-17-,25-15-,30-19?,31-28?/t20-/m1/s1. The summed E-state index contributed by atoms with van der Waals surface area (Å²) < 4.78 is 25.3. The summed E-state index contributed by atoms with van der Waals surface area (Å²) >= 11 is 0. The third kappa shape index (κ3) is 8.68. The van der Waals surface area contributed by atoms with E-state index in [1.54, 1.807) is 19.1 Å². The Kier molecular flexibility index (Phi) is 9.61. The van der Waals surface area contributed by atoms with Gasteiger partial charge < -0.3 is 25.5 Å². The van der Waals surface area contributed by atoms with E-state index in [1.165, 1.54) is 32.1 Å². The van der Waals surface area contributed by atoms with E-state index in [0.29, 0.717) is 41.6 Å². The maximum atomic E-state index is 14.2. The van der Waals surface area contributed by atoms with E-state index in [2.05, 4.69) is 10.6 Å². The number of halogens is 1. The van der Waals surface area contributed by atoms with Gasteiger partial charge in [0.25, 0.3) is 0 Å². The van der Waals surface area contributed by atoms with E-state index in [4.69, 9.17) is 20.3 Å². The lowest BCUT2D eigenvalue weighted by atomic mass is 10.0. The Morgan fingerprint density at radius 1 is 1.17 bits per heavy atom. The molecule has 1 atom stereocenters. The first-order chi connectivity index (χ1) is 16.9. The first-order valence-corrected chi connectivity index (χ1v) is 11.9. The maximum absolute atomic E-state index is 14.2. The van der Waals surface area contributed by atoms with E-state index in [-0.39, 0.29) is 17.8 Å². The summed E-state index contributed by atoms with van der Waals surface area (Å²) in [4.78, 5) is 0. The summed E-state index contributed by atoms with van der Waals surface area (Å²) in [6.45, 7) is 4.93. The van der Waals surface area contributed by atoms with Crippen LogP contribution in [0.1, 0.15) is 50.3 Å². The fraction of sp³-hybridized carbons (Fsp3) is 0.357. The zero-order valence-electron chi connectivity index (χ0n) is 20.7. The molecule has 1 saturated carbocycles. The lowest BCUT2D eigenvalue weighted by Crippen LogP contribution is -2.15. The Morgan fingerprint density at radius 2 is 1.91 bits per heavy atom. The lowest BCUT2D eigenvalue weighted by molar-refractivity contribution is 0.0528. The number of nitrogens with one attached hydrogen (secondary N) is 4. The van der Waals surface area contributed by atoms with Gasteiger partial charge in [0.05, 0.1) is 19.8 Å². The van der Waals surface area contributed by atoms with Gasteiger partial charge in [-0.2, -0.15) is 0 Å². The monoisotopic (exact) mass is 478 g/mol. The summed E-state index contributed by atoms with van der Waals surface area (Å²) in [6, 6.07) is 14.4. The van der Waals surface area contributed by atoms with Crippen molar-refractivity contribution in [3.05, 3.63) is 89.0 Å². The van der Waals surface area contributed by atoms with Gasteiger partial charge in [0.2, 0.25) is 5.90 Å². The molecule has 0 heterocycles. The predicted molar refractivity (Wildman–Crippen MR) is 139 cm³/mol. The average molecular weight is 479 g/mol. The molecule has 1 aliphatic rings. The topological polar surface area (TPSA) is 90.2 Å². The van der Waals surface area contributed by atoms with Crippen LogP contribution in [0.2, 0.25) is 0 Å². The highest BCUT2D eigenvalue weighted by Crippen LogP contribution is 2.30. The summed E-state index contributed by atoms with van der Waals surface area (Å²) in [5.41, 5.74) is 4.27. The van der Waals surface area contributed by atoms with Crippen molar-refractivity contribution in [2.75, 3.05) is 19.0 Å². The molecular weight excluding hydrogens is 443 g/mol. The fourth-order valence-corrected chi connectivity index (χ4v) is 3.56. The van der Waals surface area contributed by atoms with Crippen molar-refractivity contribution in [3.63, 3.8) is 0 Å². The molecule has 7 heteroatoms. The predicted octanol–water partition coefficient (Wildman–Crippen LogP) is 6.34. The van der Waals surface area contributed by atoms with Crippen molar-refractivity contribution in [2.24, 2.45) is 5.92 Å². The molecule has 0 radical (unpaired) electrons. The number of hydrogen-bond acceptors (Lipinski definition) is 6. The molecule has 3 rings (SSSR count). The van der Waals surface area contributed by atoms with Crippen molar-refractivity contribution in [2.45, 2.75) is 45.8 Å². The Labute approximate surface area is 207 Å². The summed E-state index contributed by atoms with van der Waals surface area (Å²) in [7, 11) is 1.44. The van der Waals surface area contributed by atoms with Crippen LogP contribution in [0, 0.1) is 22.6 Å². The highest BCUT2D eigenvalue weighted by Gasteiger charge is 2.20. The number of anilines is 1. The zero-order valence-corrected chi connectivity index (χ0v) is 20.7. The van der Waals surface area contributed by atoms with Crippen LogP contribution in [0.15, 0.2) is 72.1 Å². The number of benzene rings is 2. The minimum Gasteiger partial charge on any atom is -0.481 e. The highest BCUT2D eigenvalue weighted by molar-refractivity contribution is 5.96. The minimum absolute atomic E-state index is 0.0162. The van der Waals surface area contributed by atoms with E-state index in [1.807, 2.05) is 43.5 Å². The normalized spacial score (nSPS) is 14.9. The Bertz CT molecular complexity index is 1080. The first-order valence-electron chi connectivity index (χ1n) is 11.9. The molecule has 2 aromatic rings. The largest absolute Gasteiger partial charge is 0.481 e. The van der Waals surface area contributed by atoms with Gasteiger partial charge >= 0.3 is 0 Å². The number of rotatable bonds is 13.